The van der Waals surface area contributed by atoms with Gasteiger partial charge in [0.15, 0.2) is 0 Å². The van der Waals surface area contributed by atoms with Gasteiger partial charge in [0, 0.05) is 43.0 Å². The molecule has 146 valence electrons. The van der Waals surface area contributed by atoms with E-state index in [2.05, 4.69) is 20.4 Å². The number of amides is 1. The molecule has 0 radical (unpaired) electrons. The number of hydrogen-bond donors (Lipinski definition) is 1. The van der Waals surface area contributed by atoms with Gasteiger partial charge in [-0.1, -0.05) is 12.1 Å². The lowest BCUT2D eigenvalue weighted by Crippen LogP contribution is -2.36. The first-order valence-corrected chi connectivity index (χ1v) is 9.25. The van der Waals surface area contributed by atoms with Crippen molar-refractivity contribution in [3.8, 4) is 11.3 Å². The van der Waals surface area contributed by atoms with Crippen LogP contribution in [0.3, 0.4) is 0 Å². The zero-order chi connectivity index (χ0) is 20.3. The molecule has 0 saturated carbocycles. The Hall–Kier alpha value is -3.22. The normalized spacial score (nSPS) is 11.9. The van der Waals surface area contributed by atoms with Crippen LogP contribution in [0.4, 0.5) is 5.82 Å². The fourth-order valence-electron chi connectivity index (χ4n) is 3.01. The average Bonchev–Trinajstić information content (AvgIpc) is 2.98. The van der Waals surface area contributed by atoms with E-state index in [4.69, 9.17) is 0 Å². The second-order valence-corrected chi connectivity index (χ2v) is 7.22. The van der Waals surface area contributed by atoms with Gasteiger partial charge in [0.05, 0.1) is 17.9 Å². The molecule has 3 rings (SSSR count). The van der Waals surface area contributed by atoms with Crippen molar-refractivity contribution in [3.63, 3.8) is 0 Å². The lowest BCUT2D eigenvalue weighted by Gasteiger charge is -2.15. The SMILES string of the molecule is Cc1cc(C)n(CC(C)NC(=O)c2ccc(-c3cc(N(C)C)ncn3)cc2)n1. The van der Waals surface area contributed by atoms with Crippen molar-refractivity contribution in [2.75, 3.05) is 19.0 Å². The number of nitrogens with one attached hydrogen (secondary N) is 1. The highest BCUT2D eigenvalue weighted by molar-refractivity contribution is 5.94. The molecule has 1 atom stereocenters. The molecule has 28 heavy (non-hydrogen) atoms. The van der Waals surface area contributed by atoms with E-state index >= 15 is 0 Å². The maximum Gasteiger partial charge on any atom is 0.251 e. The quantitative estimate of drug-likeness (QED) is 0.714. The van der Waals surface area contributed by atoms with E-state index in [1.165, 1.54) is 0 Å². The Labute approximate surface area is 165 Å². The predicted molar refractivity (Wildman–Crippen MR) is 110 cm³/mol. The Kier molecular flexibility index (Phi) is 5.73. The van der Waals surface area contributed by atoms with Crippen molar-refractivity contribution in [2.45, 2.75) is 33.4 Å². The van der Waals surface area contributed by atoms with Crippen LogP contribution in [-0.2, 0) is 6.54 Å². The van der Waals surface area contributed by atoms with Crippen LogP contribution in [0.25, 0.3) is 11.3 Å². The number of hydrogen-bond acceptors (Lipinski definition) is 5. The Morgan fingerprint density at radius 2 is 1.86 bits per heavy atom. The number of rotatable bonds is 6. The third-order valence-electron chi connectivity index (χ3n) is 4.48. The van der Waals surface area contributed by atoms with Crippen LogP contribution in [0.1, 0.15) is 28.7 Å². The number of aryl methyl sites for hydroxylation is 2. The molecular weight excluding hydrogens is 352 g/mol. The minimum absolute atomic E-state index is 0.0327. The summed E-state index contributed by atoms with van der Waals surface area (Å²) < 4.78 is 1.92. The zero-order valence-corrected chi connectivity index (χ0v) is 17.0. The second-order valence-electron chi connectivity index (χ2n) is 7.22. The number of carbonyl (C=O) groups excluding carboxylic acids is 1. The summed E-state index contributed by atoms with van der Waals surface area (Å²) >= 11 is 0. The largest absolute Gasteiger partial charge is 0.363 e. The van der Waals surface area contributed by atoms with E-state index in [0.29, 0.717) is 12.1 Å². The molecule has 0 aliphatic heterocycles. The van der Waals surface area contributed by atoms with Crippen molar-refractivity contribution in [1.82, 2.24) is 25.1 Å². The van der Waals surface area contributed by atoms with Gasteiger partial charge in [0.1, 0.15) is 12.1 Å². The van der Waals surface area contributed by atoms with Crippen LogP contribution >= 0.6 is 0 Å². The summed E-state index contributed by atoms with van der Waals surface area (Å²) in [6.45, 7) is 6.60. The first kappa shape index (κ1) is 19.5. The highest BCUT2D eigenvalue weighted by Gasteiger charge is 2.12. The molecule has 0 spiro atoms. The van der Waals surface area contributed by atoms with Gasteiger partial charge in [-0.25, -0.2) is 9.97 Å². The molecule has 1 N–H and O–H groups in total. The lowest BCUT2D eigenvalue weighted by atomic mass is 10.1. The van der Waals surface area contributed by atoms with Crippen LogP contribution in [-0.4, -0.2) is 45.8 Å². The van der Waals surface area contributed by atoms with Crippen LogP contribution in [0, 0.1) is 13.8 Å². The highest BCUT2D eigenvalue weighted by atomic mass is 16.1. The third kappa shape index (κ3) is 4.54. The minimum atomic E-state index is -0.0998. The first-order chi connectivity index (χ1) is 13.3. The smallest absolute Gasteiger partial charge is 0.251 e. The average molecular weight is 378 g/mol. The Morgan fingerprint density at radius 1 is 1.14 bits per heavy atom. The second kappa shape index (κ2) is 8.21. The van der Waals surface area contributed by atoms with E-state index in [9.17, 15) is 4.79 Å². The van der Waals surface area contributed by atoms with Crippen molar-refractivity contribution >= 4 is 11.7 Å². The molecule has 2 aromatic heterocycles. The van der Waals surface area contributed by atoms with Crippen LogP contribution in [0.5, 0.6) is 0 Å². The Balaban J connectivity index is 1.66. The predicted octanol–water partition coefficient (Wildman–Crippen LogP) is 2.84. The van der Waals surface area contributed by atoms with Gasteiger partial charge in [-0.15, -0.1) is 0 Å². The molecule has 2 heterocycles. The number of carbonyl (C=O) groups is 1. The molecule has 7 nitrogen and oxygen atoms in total. The fraction of sp³-hybridized carbons (Fsp3) is 0.333. The van der Waals surface area contributed by atoms with E-state index in [1.807, 2.05) is 80.8 Å². The van der Waals surface area contributed by atoms with Crippen molar-refractivity contribution in [3.05, 3.63) is 59.7 Å². The highest BCUT2D eigenvalue weighted by Crippen LogP contribution is 2.20. The summed E-state index contributed by atoms with van der Waals surface area (Å²) in [5.74, 6) is 0.738. The minimum Gasteiger partial charge on any atom is -0.363 e. The molecule has 3 aromatic rings. The van der Waals surface area contributed by atoms with Crippen LogP contribution in [0.15, 0.2) is 42.7 Å². The fourth-order valence-corrected chi connectivity index (χ4v) is 3.01. The van der Waals surface area contributed by atoms with Crippen molar-refractivity contribution in [1.29, 1.82) is 0 Å². The summed E-state index contributed by atoms with van der Waals surface area (Å²) in [6, 6.07) is 11.4. The first-order valence-electron chi connectivity index (χ1n) is 9.25. The number of benzene rings is 1. The zero-order valence-electron chi connectivity index (χ0n) is 17.0. The molecule has 1 amide bonds. The van der Waals surface area contributed by atoms with Crippen molar-refractivity contribution in [2.24, 2.45) is 0 Å². The molecule has 0 saturated heterocycles. The van der Waals surface area contributed by atoms with Crippen LogP contribution < -0.4 is 10.2 Å². The number of nitrogens with zero attached hydrogens (tertiary/aromatic N) is 5. The summed E-state index contributed by atoms with van der Waals surface area (Å²) in [5.41, 5.74) is 4.45. The molecular formula is C21H26N6O. The number of aromatic nitrogens is 4. The Bertz CT molecular complexity index is 961. The van der Waals surface area contributed by atoms with Gasteiger partial charge in [-0.3, -0.25) is 9.48 Å². The van der Waals surface area contributed by atoms with Crippen molar-refractivity contribution < 1.29 is 4.79 Å². The van der Waals surface area contributed by atoms with E-state index in [0.717, 1.165) is 28.5 Å². The summed E-state index contributed by atoms with van der Waals surface area (Å²) in [6.07, 6.45) is 1.55. The lowest BCUT2D eigenvalue weighted by molar-refractivity contribution is 0.0936. The molecule has 0 aliphatic carbocycles. The molecule has 0 bridgehead atoms. The summed E-state index contributed by atoms with van der Waals surface area (Å²) in [5, 5.41) is 7.48. The molecule has 1 aromatic carbocycles. The summed E-state index contributed by atoms with van der Waals surface area (Å²) in [7, 11) is 3.87. The van der Waals surface area contributed by atoms with Gasteiger partial charge in [0.25, 0.3) is 5.91 Å². The maximum atomic E-state index is 12.6. The molecule has 0 fully saturated rings. The van der Waals surface area contributed by atoms with Gasteiger partial charge >= 0.3 is 0 Å². The standard InChI is InChI=1S/C21H26N6O/c1-14-10-16(3)27(25-14)12-15(2)24-21(28)18-8-6-17(7-9-18)19-11-20(26(4)5)23-13-22-19/h6-11,13,15H,12H2,1-5H3,(H,24,28). The molecule has 1 unspecified atom stereocenters. The van der Waals surface area contributed by atoms with E-state index in [-0.39, 0.29) is 11.9 Å². The van der Waals surface area contributed by atoms with Gasteiger partial charge in [0.2, 0.25) is 0 Å². The van der Waals surface area contributed by atoms with E-state index in [1.54, 1.807) is 6.33 Å². The maximum absolute atomic E-state index is 12.6. The third-order valence-corrected chi connectivity index (χ3v) is 4.48. The van der Waals surface area contributed by atoms with Gasteiger partial charge in [-0.05, 0) is 39.0 Å². The van der Waals surface area contributed by atoms with Gasteiger partial charge in [-0.2, -0.15) is 5.10 Å². The topological polar surface area (TPSA) is 75.9 Å². The Morgan fingerprint density at radius 3 is 2.46 bits per heavy atom. The molecule has 7 heteroatoms. The monoisotopic (exact) mass is 378 g/mol. The van der Waals surface area contributed by atoms with E-state index < -0.39 is 0 Å². The number of anilines is 1. The van der Waals surface area contributed by atoms with Gasteiger partial charge < -0.3 is 10.2 Å². The summed E-state index contributed by atoms with van der Waals surface area (Å²) in [4.78, 5) is 23.0. The molecule has 0 aliphatic rings. The van der Waals surface area contributed by atoms with Crippen LogP contribution in [0.2, 0.25) is 0 Å².